The van der Waals surface area contributed by atoms with Crippen LogP contribution in [0.15, 0.2) is 242 Å². The number of fused-ring (bicyclic) bond motifs is 6. The summed E-state index contributed by atoms with van der Waals surface area (Å²) in [6.07, 6.45) is 23.0. The number of para-hydroxylation sites is 2. The zero-order chi connectivity index (χ0) is 43.0. The normalized spacial score (nSPS) is 17.3. The lowest BCUT2D eigenvalue weighted by Gasteiger charge is -2.41. The van der Waals surface area contributed by atoms with Crippen LogP contribution >= 0.6 is 0 Å². The SMILES string of the molecule is C=C/C=C(\C=C)c1ccc(N(c2ccc(-c3ccccc3)cc2)c2ccc(-c3cccc4c3oc3ccccc34)c3c2-c2ccccc2C3(C2=CC=CCC#C2)C2C=CC=CC2)cc1. The molecule has 64 heavy (non-hydrogen) atoms. The monoisotopic (exact) mass is 819 g/mol. The van der Waals surface area contributed by atoms with E-state index in [9.17, 15) is 0 Å². The molecule has 1 heterocycles. The van der Waals surface area contributed by atoms with E-state index in [2.05, 4.69) is 224 Å². The van der Waals surface area contributed by atoms with Gasteiger partial charge in [0.15, 0.2) is 0 Å². The number of hydrogen-bond donors (Lipinski definition) is 0. The predicted molar refractivity (Wildman–Crippen MR) is 270 cm³/mol. The lowest BCUT2D eigenvalue weighted by Crippen LogP contribution is -2.36. The smallest absolute Gasteiger partial charge is 0.143 e. The summed E-state index contributed by atoms with van der Waals surface area (Å²) in [5, 5.41) is 2.22. The maximum Gasteiger partial charge on any atom is 0.143 e. The minimum Gasteiger partial charge on any atom is -0.455 e. The molecule has 0 radical (unpaired) electrons. The van der Waals surface area contributed by atoms with Crippen molar-refractivity contribution in [2.24, 2.45) is 5.92 Å². The van der Waals surface area contributed by atoms with Gasteiger partial charge < -0.3 is 9.32 Å². The molecular weight excluding hydrogens is 775 g/mol. The summed E-state index contributed by atoms with van der Waals surface area (Å²) in [6, 6.07) is 57.1. The second-order valence-corrected chi connectivity index (χ2v) is 16.5. The molecule has 0 N–H and O–H groups in total. The first kappa shape index (κ1) is 38.8. The number of nitrogens with zero attached hydrogens (tertiary/aromatic N) is 1. The molecule has 0 saturated carbocycles. The third-order valence-corrected chi connectivity index (χ3v) is 13.1. The van der Waals surface area contributed by atoms with Gasteiger partial charge in [-0.2, -0.15) is 0 Å². The molecule has 2 atom stereocenters. The van der Waals surface area contributed by atoms with Crippen molar-refractivity contribution in [2.45, 2.75) is 18.3 Å². The fourth-order valence-corrected chi connectivity index (χ4v) is 10.4. The Morgan fingerprint density at radius 1 is 0.656 bits per heavy atom. The van der Waals surface area contributed by atoms with E-state index in [0.717, 1.165) is 78.8 Å². The van der Waals surface area contributed by atoms with Crippen molar-refractivity contribution in [3.8, 4) is 45.2 Å². The first-order valence-electron chi connectivity index (χ1n) is 22.1. The highest BCUT2D eigenvalue weighted by Crippen LogP contribution is 2.64. The highest BCUT2D eigenvalue weighted by molar-refractivity contribution is 6.11. The summed E-state index contributed by atoms with van der Waals surface area (Å²) in [5.41, 5.74) is 16.9. The summed E-state index contributed by atoms with van der Waals surface area (Å²) >= 11 is 0. The second-order valence-electron chi connectivity index (χ2n) is 16.5. The van der Waals surface area contributed by atoms with Gasteiger partial charge in [0.25, 0.3) is 0 Å². The van der Waals surface area contributed by atoms with Gasteiger partial charge in [0.1, 0.15) is 11.2 Å². The number of benzene rings is 7. The van der Waals surface area contributed by atoms with E-state index in [1.807, 2.05) is 24.3 Å². The van der Waals surface area contributed by atoms with E-state index in [1.54, 1.807) is 0 Å². The molecule has 0 fully saturated rings. The van der Waals surface area contributed by atoms with Crippen LogP contribution in [0.25, 0.3) is 60.9 Å². The van der Waals surface area contributed by atoms with Crippen LogP contribution in [-0.2, 0) is 5.41 Å². The molecule has 0 bridgehead atoms. The number of furan rings is 1. The minimum atomic E-state index is -0.643. The van der Waals surface area contributed by atoms with Crippen LogP contribution in [0.2, 0.25) is 0 Å². The summed E-state index contributed by atoms with van der Waals surface area (Å²) in [7, 11) is 0. The van der Waals surface area contributed by atoms with Gasteiger partial charge in [-0.05, 0) is 99.3 Å². The van der Waals surface area contributed by atoms with Crippen LogP contribution in [0, 0.1) is 17.8 Å². The van der Waals surface area contributed by atoms with Gasteiger partial charge in [-0.15, -0.1) is 0 Å². The van der Waals surface area contributed by atoms with Gasteiger partial charge in [0, 0.05) is 45.3 Å². The number of allylic oxidation sites excluding steroid dienone is 12. The van der Waals surface area contributed by atoms with Crippen LogP contribution in [0.4, 0.5) is 17.1 Å². The van der Waals surface area contributed by atoms with E-state index >= 15 is 0 Å². The van der Waals surface area contributed by atoms with Gasteiger partial charge in [0.05, 0.1) is 11.1 Å². The van der Waals surface area contributed by atoms with Crippen LogP contribution in [0.3, 0.4) is 0 Å². The lowest BCUT2D eigenvalue weighted by atomic mass is 9.60. The van der Waals surface area contributed by atoms with Crippen molar-refractivity contribution in [3.63, 3.8) is 0 Å². The van der Waals surface area contributed by atoms with E-state index < -0.39 is 5.41 Å². The molecule has 0 spiro atoms. The molecule has 1 aromatic heterocycles. The van der Waals surface area contributed by atoms with Gasteiger partial charge in [-0.1, -0.05) is 201 Å². The second kappa shape index (κ2) is 16.3. The van der Waals surface area contributed by atoms with Crippen LogP contribution in [0.1, 0.15) is 29.5 Å². The van der Waals surface area contributed by atoms with Gasteiger partial charge in [0.2, 0.25) is 0 Å². The molecule has 8 aromatic rings. The highest BCUT2D eigenvalue weighted by Gasteiger charge is 2.53. The van der Waals surface area contributed by atoms with E-state index in [1.165, 1.54) is 27.8 Å². The molecule has 2 unspecified atom stereocenters. The number of hydrogen-bond acceptors (Lipinski definition) is 2. The number of rotatable bonds is 10. The van der Waals surface area contributed by atoms with E-state index in [-0.39, 0.29) is 5.92 Å². The van der Waals surface area contributed by atoms with Crippen LogP contribution < -0.4 is 4.90 Å². The minimum absolute atomic E-state index is 0.0719. The molecule has 3 aliphatic rings. The molecular formula is C62H45NO. The van der Waals surface area contributed by atoms with E-state index in [4.69, 9.17) is 4.42 Å². The highest BCUT2D eigenvalue weighted by atomic mass is 16.3. The maximum atomic E-state index is 6.87. The Hall–Kier alpha value is -8.12. The van der Waals surface area contributed by atoms with Crippen LogP contribution in [0.5, 0.6) is 0 Å². The van der Waals surface area contributed by atoms with Gasteiger partial charge >= 0.3 is 0 Å². The van der Waals surface area contributed by atoms with Crippen molar-refractivity contribution in [3.05, 3.63) is 254 Å². The Labute approximate surface area is 375 Å². The molecule has 2 nitrogen and oxygen atoms in total. The molecule has 0 aliphatic heterocycles. The third-order valence-electron chi connectivity index (χ3n) is 13.1. The standard InChI is InChI=1S/C62H45NO/c1-3-20-43(4-2)45-33-37-49(38-34-45)63(50-39-35-46(36-40-50)44-21-9-7-10-22-44)57-42-41-52(54-30-19-29-53-51-27-16-18-32-58(51)64-61(53)54)60-59(57)55-28-15-17-31-56(55)62(60,48-25-13-8-14-26-48)47-23-11-5-6-12-24-47/h3-5,7-11,13-23,25,27-42,48H,1-2,6,26H2/b43-20+. The zero-order valence-corrected chi connectivity index (χ0v) is 35.5. The Morgan fingerprint density at radius 3 is 2.19 bits per heavy atom. The Bertz CT molecular complexity index is 3360. The van der Waals surface area contributed by atoms with Crippen molar-refractivity contribution >= 4 is 44.6 Å². The van der Waals surface area contributed by atoms with Crippen LogP contribution in [-0.4, -0.2) is 0 Å². The maximum absolute atomic E-state index is 6.87. The number of anilines is 3. The summed E-state index contributed by atoms with van der Waals surface area (Å²) in [6.45, 7) is 8.06. The Balaban J connectivity index is 1.25. The van der Waals surface area contributed by atoms with Gasteiger partial charge in [-0.25, -0.2) is 0 Å². The quantitative estimate of drug-likeness (QED) is 0.101. The Kier molecular flexibility index (Phi) is 9.87. The van der Waals surface area contributed by atoms with E-state index in [0.29, 0.717) is 6.42 Å². The van der Waals surface area contributed by atoms with Gasteiger partial charge in [-0.3, -0.25) is 0 Å². The summed E-state index contributed by atoms with van der Waals surface area (Å²) in [4.78, 5) is 2.43. The lowest BCUT2D eigenvalue weighted by molar-refractivity contribution is 0.460. The van der Waals surface area contributed by atoms with Crippen molar-refractivity contribution in [2.75, 3.05) is 4.90 Å². The average Bonchev–Trinajstić information content (AvgIpc) is 3.75. The molecule has 304 valence electrons. The van der Waals surface area contributed by atoms with Crippen molar-refractivity contribution < 1.29 is 4.42 Å². The Morgan fingerprint density at radius 2 is 1.39 bits per heavy atom. The van der Waals surface area contributed by atoms with Crippen molar-refractivity contribution in [1.29, 1.82) is 0 Å². The molecule has 3 aliphatic carbocycles. The average molecular weight is 820 g/mol. The fraction of sp³-hybridized carbons (Fsp3) is 0.0645. The molecule has 0 amide bonds. The summed E-state index contributed by atoms with van der Waals surface area (Å²) < 4.78 is 6.87. The molecule has 7 aromatic carbocycles. The predicted octanol–water partition coefficient (Wildman–Crippen LogP) is 16.4. The zero-order valence-electron chi connectivity index (χ0n) is 35.5. The molecule has 0 saturated heterocycles. The third kappa shape index (κ3) is 6.28. The van der Waals surface area contributed by atoms with Crippen molar-refractivity contribution in [1.82, 2.24) is 0 Å². The first-order valence-corrected chi connectivity index (χ1v) is 22.1. The summed E-state index contributed by atoms with van der Waals surface area (Å²) in [5.74, 6) is 7.40. The largest absolute Gasteiger partial charge is 0.455 e. The first-order chi connectivity index (χ1) is 31.7. The topological polar surface area (TPSA) is 16.4 Å². The molecule has 11 rings (SSSR count). The fourth-order valence-electron chi connectivity index (χ4n) is 10.4. The molecule has 2 heteroatoms.